The molecule has 6 nitrogen and oxygen atoms in total. The molecule has 0 aromatic rings. The van der Waals surface area contributed by atoms with Crippen molar-refractivity contribution in [3.63, 3.8) is 0 Å². The molecule has 50 heavy (non-hydrogen) atoms. The third-order valence-corrected chi connectivity index (χ3v) is 10.4. The molecule has 0 rings (SSSR count). The number of unbranched alkanes of at least 4 members (excludes halogenated alkanes) is 30. The first kappa shape index (κ1) is 48.9. The van der Waals surface area contributed by atoms with Gasteiger partial charge in [-0.25, -0.2) is 0 Å². The SMILES string of the molecule is CCCCCCCCCCCCCCC(=O)OCCCCCCCCCCCCCCC(=O)NC(CO)C(O)CCCCCCCCCCC. The zero-order chi connectivity index (χ0) is 36.6. The lowest BCUT2D eigenvalue weighted by atomic mass is 10.0. The molecule has 2 atom stereocenters. The van der Waals surface area contributed by atoms with Gasteiger partial charge in [0.05, 0.1) is 25.4 Å². The largest absolute Gasteiger partial charge is 0.466 e. The molecule has 0 heterocycles. The first-order chi connectivity index (χ1) is 24.5. The summed E-state index contributed by atoms with van der Waals surface area (Å²) in [7, 11) is 0. The minimum Gasteiger partial charge on any atom is -0.466 e. The van der Waals surface area contributed by atoms with Gasteiger partial charge >= 0.3 is 5.97 Å². The lowest BCUT2D eigenvalue weighted by Gasteiger charge is -2.22. The monoisotopic (exact) mass is 710 g/mol. The van der Waals surface area contributed by atoms with E-state index < -0.39 is 12.1 Å². The Morgan fingerprint density at radius 3 is 1.22 bits per heavy atom. The Hall–Kier alpha value is -1.14. The van der Waals surface area contributed by atoms with E-state index in [1.54, 1.807) is 0 Å². The second-order valence-electron chi connectivity index (χ2n) is 15.4. The van der Waals surface area contributed by atoms with Gasteiger partial charge in [-0.15, -0.1) is 0 Å². The van der Waals surface area contributed by atoms with Crippen LogP contribution >= 0.6 is 0 Å². The van der Waals surface area contributed by atoms with Gasteiger partial charge in [0.25, 0.3) is 0 Å². The van der Waals surface area contributed by atoms with Crippen LogP contribution in [-0.4, -0.2) is 47.4 Å². The molecule has 0 aliphatic heterocycles. The van der Waals surface area contributed by atoms with Crippen molar-refractivity contribution in [2.75, 3.05) is 13.2 Å². The highest BCUT2D eigenvalue weighted by Crippen LogP contribution is 2.16. The Bertz CT molecular complexity index is 702. The van der Waals surface area contributed by atoms with Crippen molar-refractivity contribution >= 4 is 11.9 Å². The van der Waals surface area contributed by atoms with E-state index in [1.165, 1.54) is 154 Å². The summed E-state index contributed by atoms with van der Waals surface area (Å²) in [4.78, 5) is 24.3. The molecule has 0 aromatic carbocycles. The van der Waals surface area contributed by atoms with Crippen LogP contribution in [0.15, 0.2) is 0 Å². The minimum atomic E-state index is -0.670. The van der Waals surface area contributed by atoms with Crippen molar-refractivity contribution in [2.24, 2.45) is 0 Å². The Morgan fingerprint density at radius 2 is 0.820 bits per heavy atom. The Labute approximate surface area is 311 Å². The van der Waals surface area contributed by atoms with E-state index in [1.807, 2.05) is 0 Å². The summed E-state index contributed by atoms with van der Waals surface area (Å²) in [6.45, 7) is 4.89. The molecule has 0 saturated heterocycles. The number of ether oxygens (including phenoxy) is 1. The molecule has 0 fully saturated rings. The van der Waals surface area contributed by atoms with Crippen molar-refractivity contribution in [3.8, 4) is 0 Å². The van der Waals surface area contributed by atoms with Gasteiger partial charge in [-0.2, -0.15) is 0 Å². The molecule has 3 N–H and O–H groups in total. The summed E-state index contributed by atoms with van der Waals surface area (Å²) in [5, 5.41) is 23.0. The average Bonchev–Trinajstić information content (AvgIpc) is 3.11. The second kappa shape index (κ2) is 40.6. The van der Waals surface area contributed by atoms with E-state index in [0.717, 1.165) is 57.8 Å². The fraction of sp³-hybridized carbons (Fsp3) is 0.955. The molecule has 0 aliphatic carbocycles. The van der Waals surface area contributed by atoms with Crippen molar-refractivity contribution < 1.29 is 24.5 Å². The van der Waals surface area contributed by atoms with E-state index in [9.17, 15) is 19.8 Å². The summed E-state index contributed by atoms with van der Waals surface area (Å²) in [6, 6.07) is -0.548. The lowest BCUT2D eigenvalue weighted by molar-refractivity contribution is -0.143. The summed E-state index contributed by atoms with van der Waals surface area (Å²) in [5.41, 5.74) is 0. The smallest absolute Gasteiger partial charge is 0.305 e. The number of rotatable bonds is 41. The number of aliphatic hydroxyl groups excluding tert-OH is 2. The topological polar surface area (TPSA) is 95.9 Å². The van der Waals surface area contributed by atoms with Crippen LogP contribution in [0, 0.1) is 0 Å². The summed E-state index contributed by atoms with van der Waals surface area (Å²) >= 11 is 0. The van der Waals surface area contributed by atoms with Crippen LogP contribution in [0.2, 0.25) is 0 Å². The maximum Gasteiger partial charge on any atom is 0.305 e. The highest BCUT2D eigenvalue weighted by atomic mass is 16.5. The van der Waals surface area contributed by atoms with Crippen LogP contribution in [0.4, 0.5) is 0 Å². The van der Waals surface area contributed by atoms with Crippen molar-refractivity contribution in [1.82, 2.24) is 5.32 Å². The van der Waals surface area contributed by atoms with Gasteiger partial charge in [0.1, 0.15) is 0 Å². The molecular formula is C44H87NO5. The van der Waals surface area contributed by atoms with Gasteiger partial charge in [-0.3, -0.25) is 9.59 Å². The standard InChI is InChI=1S/C44H87NO5/c1-3-5-7-9-11-13-14-18-22-26-30-34-38-44(49)50-39-35-31-27-23-19-16-15-17-21-25-29-33-37-43(48)45-41(40-46)42(47)36-32-28-24-20-12-10-8-6-4-2/h41-42,46-47H,3-40H2,1-2H3,(H,45,48). The third kappa shape index (κ3) is 36.6. The number of nitrogens with one attached hydrogen (secondary N) is 1. The van der Waals surface area contributed by atoms with E-state index in [2.05, 4.69) is 19.2 Å². The van der Waals surface area contributed by atoms with Crippen LogP contribution in [0.5, 0.6) is 0 Å². The van der Waals surface area contributed by atoms with Crippen LogP contribution in [0.25, 0.3) is 0 Å². The molecule has 6 heteroatoms. The van der Waals surface area contributed by atoms with E-state index in [4.69, 9.17) is 4.74 Å². The van der Waals surface area contributed by atoms with Crippen LogP contribution in [0.3, 0.4) is 0 Å². The van der Waals surface area contributed by atoms with Crippen LogP contribution in [0.1, 0.15) is 245 Å². The third-order valence-electron chi connectivity index (χ3n) is 10.4. The normalized spacial score (nSPS) is 12.6. The van der Waals surface area contributed by atoms with Crippen LogP contribution in [-0.2, 0) is 14.3 Å². The number of hydrogen-bond acceptors (Lipinski definition) is 5. The number of amides is 1. The van der Waals surface area contributed by atoms with Crippen molar-refractivity contribution in [1.29, 1.82) is 0 Å². The number of carbonyl (C=O) groups excluding carboxylic acids is 2. The van der Waals surface area contributed by atoms with E-state index in [0.29, 0.717) is 25.9 Å². The minimum absolute atomic E-state index is 0.00895. The molecule has 2 unspecified atom stereocenters. The highest BCUT2D eigenvalue weighted by Gasteiger charge is 2.20. The highest BCUT2D eigenvalue weighted by molar-refractivity contribution is 5.76. The summed E-state index contributed by atoms with van der Waals surface area (Å²) in [6.07, 6.45) is 42.0. The molecular weight excluding hydrogens is 622 g/mol. The average molecular weight is 710 g/mol. The Morgan fingerprint density at radius 1 is 0.480 bits per heavy atom. The molecule has 298 valence electrons. The number of carbonyl (C=O) groups is 2. The molecule has 0 bridgehead atoms. The summed E-state index contributed by atoms with van der Waals surface area (Å²) in [5.74, 6) is -0.0616. The van der Waals surface area contributed by atoms with Gasteiger partial charge in [-0.1, -0.05) is 206 Å². The molecule has 0 aliphatic rings. The maximum absolute atomic E-state index is 12.3. The van der Waals surface area contributed by atoms with E-state index in [-0.39, 0.29) is 18.5 Å². The first-order valence-electron chi connectivity index (χ1n) is 22.3. The Kier molecular flexibility index (Phi) is 39.7. The van der Waals surface area contributed by atoms with Gasteiger partial charge in [0, 0.05) is 12.8 Å². The second-order valence-corrected chi connectivity index (χ2v) is 15.4. The summed E-state index contributed by atoms with van der Waals surface area (Å²) < 4.78 is 5.44. The van der Waals surface area contributed by atoms with E-state index >= 15 is 0 Å². The van der Waals surface area contributed by atoms with Crippen molar-refractivity contribution in [2.45, 2.75) is 257 Å². The fourth-order valence-corrected chi connectivity index (χ4v) is 6.93. The number of esters is 1. The number of aliphatic hydroxyl groups is 2. The molecule has 1 amide bonds. The first-order valence-corrected chi connectivity index (χ1v) is 22.3. The molecule has 0 aromatic heterocycles. The van der Waals surface area contributed by atoms with Gasteiger partial charge in [0.2, 0.25) is 5.91 Å². The predicted molar refractivity (Wildman–Crippen MR) is 214 cm³/mol. The maximum atomic E-state index is 12.3. The zero-order valence-corrected chi connectivity index (χ0v) is 33.6. The zero-order valence-electron chi connectivity index (χ0n) is 33.6. The fourth-order valence-electron chi connectivity index (χ4n) is 6.93. The predicted octanol–water partition coefficient (Wildman–Crippen LogP) is 12.5. The van der Waals surface area contributed by atoms with Crippen molar-refractivity contribution in [3.05, 3.63) is 0 Å². The molecule has 0 saturated carbocycles. The molecule has 0 radical (unpaired) electrons. The molecule has 0 spiro atoms. The van der Waals surface area contributed by atoms with Gasteiger partial charge in [-0.05, 0) is 25.7 Å². The quantitative estimate of drug-likeness (QED) is 0.0434. The lowest BCUT2D eigenvalue weighted by Crippen LogP contribution is -2.45. The van der Waals surface area contributed by atoms with Crippen LogP contribution < -0.4 is 5.32 Å². The number of hydrogen-bond donors (Lipinski definition) is 3. The van der Waals surface area contributed by atoms with Gasteiger partial charge in [0.15, 0.2) is 0 Å². The van der Waals surface area contributed by atoms with Gasteiger partial charge < -0.3 is 20.3 Å². The Balaban J connectivity index is 3.43.